The smallest absolute Gasteiger partial charge is 0.296 e. The molecule has 2 saturated heterocycles. The number of piperidine rings is 1. The highest BCUT2D eigenvalue weighted by molar-refractivity contribution is 9.10. The van der Waals surface area contributed by atoms with E-state index in [0.717, 1.165) is 6.54 Å². The zero-order valence-corrected chi connectivity index (χ0v) is 17.1. The van der Waals surface area contributed by atoms with Gasteiger partial charge in [-0.15, -0.1) is 0 Å². The van der Waals surface area contributed by atoms with Crippen LogP contribution >= 0.6 is 15.9 Å². The maximum atomic E-state index is 13.9. The molecule has 146 valence electrons. The van der Waals surface area contributed by atoms with Gasteiger partial charge in [0.15, 0.2) is 0 Å². The largest absolute Gasteiger partial charge is 0.329 e. The lowest BCUT2D eigenvalue weighted by Crippen LogP contribution is -2.59. The van der Waals surface area contributed by atoms with E-state index in [1.54, 1.807) is 6.07 Å². The van der Waals surface area contributed by atoms with E-state index in [-0.39, 0.29) is 11.9 Å². The molecule has 0 aromatic heterocycles. The molecule has 7 heteroatoms. The predicted octanol–water partition coefficient (Wildman–Crippen LogP) is 4.07. The second-order valence-corrected chi connectivity index (χ2v) is 8.34. The van der Waals surface area contributed by atoms with Crippen molar-refractivity contribution in [3.8, 4) is 0 Å². The molecule has 2 aliphatic rings. The van der Waals surface area contributed by atoms with E-state index in [1.165, 1.54) is 22.6 Å². The zero-order valence-electron chi connectivity index (χ0n) is 15.5. The Morgan fingerprint density at radius 1 is 1.21 bits per heavy atom. The first-order valence-corrected chi connectivity index (χ1v) is 10.1. The number of nitrogens with one attached hydrogen (secondary N) is 1. The van der Waals surface area contributed by atoms with E-state index in [2.05, 4.69) is 45.2 Å². The van der Waals surface area contributed by atoms with Crippen molar-refractivity contribution in [3.63, 3.8) is 0 Å². The van der Waals surface area contributed by atoms with Crippen molar-refractivity contribution < 1.29 is 14.0 Å². The Labute approximate surface area is 171 Å². The molecule has 1 spiro atoms. The highest BCUT2D eigenvalue weighted by Gasteiger charge is 2.56. The molecule has 0 unspecified atom stereocenters. The maximum absolute atomic E-state index is 13.9. The summed E-state index contributed by atoms with van der Waals surface area (Å²) >= 11 is 3.40. The first-order valence-electron chi connectivity index (χ1n) is 9.29. The van der Waals surface area contributed by atoms with Gasteiger partial charge in [-0.3, -0.25) is 19.9 Å². The Hall–Kier alpha value is -2.25. The molecular weight excluding hydrogens is 425 g/mol. The number of halogens is 2. The number of urea groups is 1. The van der Waals surface area contributed by atoms with Gasteiger partial charge in [-0.25, -0.2) is 9.18 Å². The number of amides is 3. The van der Waals surface area contributed by atoms with Gasteiger partial charge in [-0.1, -0.05) is 30.3 Å². The molecular formula is C21H21BrFN3O2. The van der Waals surface area contributed by atoms with Crippen LogP contribution in [0.4, 0.5) is 14.9 Å². The van der Waals surface area contributed by atoms with Gasteiger partial charge in [-0.2, -0.15) is 0 Å². The Kier molecular flexibility index (Phi) is 4.97. The summed E-state index contributed by atoms with van der Waals surface area (Å²) in [5.74, 6) is -0.755. The third-order valence-corrected chi connectivity index (χ3v) is 6.39. The van der Waals surface area contributed by atoms with E-state index in [4.69, 9.17) is 0 Å². The van der Waals surface area contributed by atoms with Crippen LogP contribution in [-0.4, -0.2) is 35.0 Å². The predicted molar refractivity (Wildman–Crippen MR) is 108 cm³/mol. The number of hydrogen-bond donors (Lipinski definition) is 1. The molecule has 2 heterocycles. The van der Waals surface area contributed by atoms with Crippen LogP contribution in [0.15, 0.2) is 53.0 Å². The van der Waals surface area contributed by atoms with Crippen LogP contribution < -0.4 is 10.2 Å². The number of rotatable bonds is 3. The molecule has 2 aromatic rings. The van der Waals surface area contributed by atoms with E-state index in [9.17, 15) is 14.0 Å². The summed E-state index contributed by atoms with van der Waals surface area (Å²) in [5, 5.41) is 2.44. The summed E-state index contributed by atoms with van der Waals surface area (Å²) in [7, 11) is 0. The van der Waals surface area contributed by atoms with Gasteiger partial charge in [0.25, 0.3) is 5.91 Å². The molecule has 3 amide bonds. The van der Waals surface area contributed by atoms with Crippen LogP contribution in [-0.2, 0) is 11.3 Å². The van der Waals surface area contributed by atoms with Crippen molar-refractivity contribution in [2.45, 2.75) is 37.9 Å². The lowest BCUT2D eigenvalue weighted by molar-refractivity contribution is -0.125. The standard InChI is InChI=1S/C21H21BrFN3O2/c1-14-12-21(9-10-25(14)13-15-5-3-2-4-6-15)19(27)24-20(28)26(21)18-11-16(23)7-8-17(18)22/h2-8,11,14H,9-10,12-13H2,1H3,(H,24,27,28)/t14-,21-/m0/s1. The SMILES string of the molecule is C[C@H]1C[C@@]2(CCN1Cc1ccccc1)C(=O)NC(=O)N2c1cc(F)ccc1Br. The van der Waals surface area contributed by atoms with Gasteiger partial charge in [0.1, 0.15) is 11.4 Å². The fraction of sp³-hybridized carbons (Fsp3) is 0.333. The monoisotopic (exact) mass is 445 g/mol. The minimum atomic E-state index is -1.000. The van der Waals surface area contributed by atoms with Crippen LogP contribution in [0, 0.1) is 5.82 Å². The molecule has 0 saturated carbocycles. The summed E-state index contributed by atoms with van der Waals surface area (Å²) in [5.41, 5.74) is 0.592. The summed E-state index contributed by atoms with van der Waals surface area (Å²) in [4.78, 5) is 29.2. The van der Waals surface area contributed by atoms with Crippen LogP contribution in [0.25, 0.3) is 0 Å². The normalized spacial score (nSPS) is 25.4. The van der Waals surface area contributed by atoms with Crippen molar-refractivity contribution in [2.24, 2.45) is 0 Å². The second kappa shape index (κ2) is 7.29. The first kappa shape index (κ1) is 19.1. The van der Waals surface area contributed by atoms with Crippen molar-refractivity contribution in [3.05, 3.63) is 64.4 Å². The van der Waals surface area contributed by atoms with Gasteiger partial charge in [0.2, 0.25) is 0 Å². The number of imide groups is 1. The summed E-state index contributed by atoms with van der Waals surface area (Å²) in [6, 6.07) is 13.9. The third-order valence-electron chi connectivity index (χ3n) is 5.72. The summed E-state index contributed by atoms with van der Waals surface area (Å²) in [6.45, 7) is 3.52. The third kappa shape index (κ3) is 3.22. The Bertz CT molecular complexity index is 923. The van der Waals surface area contributed by atoms with E-state index in [0.29, 0.717) is 29.5 Å². The molecule has 0 radical (unpaired) electrons. The molecule has 0 aliphatic carbocycles. The van der Waals surface area contributed by atoms with Gasteiger partial charge in [-0.05, 0) is 59.5 Å². The molecule has 5 nitrogen and oxygen atoms in total. The summed E-state index contributed by atoms with van der Waals surface area (Å²) in [6.07, 6.45) is 0.977. The fourth-order valence-corrected chi connectivity index (χ4v) is 4.72. The van der Waals surface area contributed by atoms with Crippen LogP contribution in [0.1, 0.15) is 25.3 Å². The van der Waals surface area contributed by atoms with E-state index in [1.807, 2.05) is 18.2 Å². The van der Waals surface area contributed by atoms with Crippen LogP contribution in [0.3, 0.4) is 0 Å². The molecule has 4 rings (SSSR count). The average Bonchev–Trinajstić information content (AvgIpc) is 2.90. The Morgan fingerprint density at radius 2 is 1.96 bits per heavy atom. The van der Waals surface area contributed by atoms with Crippen molar-refractivity contribution >= 4 is 33.6 Å². The van der Waals surface area contributed by atoms with Crippen molar-refractivity contribution in [1.29, 1.82) is 0 Å². The highest BCUT2D eigenvalue weighted by atomic mass is 79.9. The lowest BCUT2D eigenvalue weighted by atomic mass is 9.81. The molecule has 2 aliphatic heterocycles. The van der Waals surface area contributed by atoms with Gasteiger partial charge >= 0.3 is 6.03 Å². The zero-order chi connectivity index (χ0) is 19.9. The Balaban J connectivity index is 1.63. The number of anilines is 1. The highest BCUT2D eigenvalue weighted by Crippen LogP contribution is 2.42. The Morgan fingerprint density at radius 3 is 2.68 bits per heavy atom. The first-order chi connectivity index (χ1) is 13.4. The van der Waals surface area contributed by atoms with Crippen molar-refractivity contribution in [2.75, 3.05) is 11.4 Å². The molecule has 2 aromatic carbocycles. The molecule has 2 fully saturated rings. The molecule has 28 heavy (non-hydrogen) atoms. The molecule has 1 N–H and O–H groups in total. The van der Waals surface area contributed by atoms with Gasteiger partial charge in [0, 0.05) is 23.6 Å². The van der Waals surface area contributed by atoms with Crippen LogP contribution in [0.2, 0.25) is 0 Å². The number of carbonyl (C=O) groups is 2. The van der Waals surface area contributed by atoms with Crippen molar-refractivity contribution in [1.82, 2.24) is 10.2 Å². The second-order valence-electron chi connectivity index (χ2n) is 7.48. The number of carbonyl (C=O) groups excluding carboxylic acids is 2. The quantitative estimate of drug-likeness (QED) is 0.724. The number of benzene rings is 2. The number of nitrogens with zero attached hydrogens (tertiary/aromatic N) is 2. The van der Waals surface area contributed by atoms with Gasteiger partial charge in [0.05, 0.1) is 5.69 Å². The molecule has 2 atom stereocenters. The number of hydrogen-bond acceptors (Lipinski definition) is 3. The minimum absolute atomic E-state index is 0.0837. The lowest BCUT2D eigenvalue weighted by Gasteiger charge is -2.45. The minimum Gasteiger partial charge on any atom is -0.296 e. The fourth-order valence-electron chi connectivity index (χ4n) is 4.29. The van der Waals surface area contributed by atoms with E-state index < -0.39 is 17.4 Å². The van der Waals surface area contributed by atoms with Gasteiger partial charge < -0.3 is 0 Å². The topological polar surface area (TPSA) is 52.7 Å². The van der Waals surface area contributed by atoms with Crippen LogP contribution in [0.5, 0.6) is 0 Å². The van der Waals surface area contributed by atoms with E-state index >= 15 is 0 Å². The average molecular weight is 446 g/mol. The summed E-state index contributed by atoms with van der Waals surface area (Å²) < 4.78 is 14.5. The molecule has 0 bridgehead atoms. The maximum Gasteiger partial charge on any atom is 0.329 e. The number of likely N-dealkylation sites (tertiary alicyclic amines) is 1.